The van der Waals surface area contributed by atoms with Crippen molar-refractivity contribution in [3.63, 3.8) is 0 Å². The number of amides is 1. The fourth-order valence-corrected chi connectivity index (χ4v) is 3.40. The summed E-state index contributed by atoms with van der Waals surface area (Å²) in [6, 6.07) is 22.3. The molecule has 0 unspecified atom stereocenters. The van der Waals surface area contributed by atoms with Crippen molar-refractivity contribution >= 4 is 34.0 Å². The van der Waals surface area contributed by atoms with Crippen LogP contribution in [0.1, 0.15) is 12.0 Å². The van der Waals surface area contributed by atoms with Crippen LogP contribution in [-0.4, -0.2) is 15.7 Å². The summed E-state index contributed by atoms with van der Waals surface area (Å²) in [6.07, 6.45) is 0.138. The molecule has 6 heteroatoms. The third-order valence-corrected chi connectivity index (χ3v) is 5.12. The quantitative estimate of drug-likeness (QED) is 0.494. The van der Waals surface area contributed by atoms with Gasteiger partial charge in [0.25, 0.3) is 5.56 Å². The molecular weight excluding hydrogens is 398 g/mol. The highest BCUT2D eigenvalue weighted by atomic mass is 35.5. The second kappa shape index (κ2) is 8.51. The average Bonchev–Trinajstić information content (AvgIpc) is 2.76. The molecule has 3 aromatic carbocycles. The minimum Gasteiger partial charge on any atom is -0.326 e. The molecular formula is C24H20ClN3O2. The smallest absolute Gasteiger partial charge is 0.274 e. The van der Waals surface area contributed by atoms with Gasteiger partial charge in [0, 0.05) is 28.1 Å². The second-order valence-corrected chi connectivity index (χ2v) is 7.53. The first-order valence-electron chi connectivity index (χ1n) is 9.63. The predicted octanol–water partition coefficient (Wildman–Crippen LogP) is 5.05. The number of carbonyl (C=O) groups is 1. The van der Waals surface area contributed by atoms with Crippen LogP contribution in [0.4, 0.5) is 5.69 Å². The van der Waals surface area contributed by atoms with Crippen LogP contribution in [0.2, 0.25) is 5.02 Å². The number of nitrogens with zero attached hydrogens (tertiary/aromatic N) is 2. The van der Waals surface area contributed by atoms with E-state index >= 15 is 0 Å². The SMILES string of the molecule is Cc1ccc(NC(=O)CCn2nc(-c3ccc(Cl)cc3)c3ccccc3c2=O)cc1. The Morgan fingerprint density at radius 3 is 2.33 bits per heavy atom. The summed E-state index contributed by atoms with van der Waals surface area (Å²) in [5.74, 6) is -0.172. The van der Waals surface area contributed by atoms with Crippen LogP contribution in [0.25, 0.3) is 22.0 Å². The van der Waals surface area contributed by atoms with Gasteiger partial charge < -0.3 is 5.32 Å². The molecule has 5 nitrogen and oxygen atoms in total. The zero-order valence-corrected chi connectivity index (χ0v) is 17.2. The molecule has 0 spiro atoms. The minimum atomic E-state index is -0.216. The lowest BCUT2D eigenvalue weighted by atomic mass is 10.1. The first-order valence-corrected chi connectivity index (χ1v) is 10.0. The Morgan fingerprint density at radius 1 is 0.967 bits per heavy atom. The zero-order chi connectivity index (χ0) is 21.1. The van der Waals surface area contributed by atoms with E-state index in [1.165, 1.54) is 4.68 Å². The highest BCUT2D eigenvalue weighted by Crippen LogP contribution is 2.25. The molecule has 1 N–H and O–H groups in total. The molecule has 0 aliphatic rings. The lowest BCUT2D eigenvalue weighted by Crippen LogP contribution is -2.26. The summed E-state index contributed by atoms with van der Waals surface area (Å²) in [5, 5.41) is 9.39. The van der Waals surface area contributed by atoms with Crippen molar-refractivity contribution < 1.29 is 4.79 Å². The van der Waals surface area contributed by atoms with E-state index in [1.54, 1.807) is 18.2 Å². The van der Waals surface area contributed by atoms with Crippen molar-refractivity contribution in [2.75, 3.05) is 5.32 Å². The standard InChI is InChI=1S/C24H20ClN3O2/c1-16-6-12-19(13-7-16)26-22(29)14-15-28-24(30)21-5-3-2-4-20(21)23(27-28)17-8-10-18(25)11-9-17/h2-13H,14-15H2,1H3,(H,26,29). The van der Waals surface area contributed by atoms with E-state index in [-0.39, 0.29) is 24.4 Å². The Hall–Kier alpha value is -3.44. The van der Waals surface area contributed by atoms with E-state index in [0.717, 1.165) is 22.2 Å². The highest BCUT2D eigenvalue weighted by molar-refractivity contribution is 6.30. The normalized spacial score (nSPS) is 10.9. The zero-order valence-electron chi connectivity index (χ0n) is 16.4. The predicted molar refractivity (Wildman–Crippen MR) is 121 cm³/mol. The van der Waals surface area contributed by atoms with Crippen LogP contribution in [0.15, 0.2) is 77.6 Å². The number of benzene rings is 3. The molecule has 0 bridgehead atoms. The highest BCUT2D eigenvalue weighted by Gasteiger charge is 2.13. The number of rotatable bonds is 5. The molecule has 0 saturated carbocycles. The van der Waals surface area contributed by atoms with Crippen LogP contribution in [0, 0.1) is 6.92 Å². The monoisotopic (exact) mass is 417 g/mol. The minimum absolute atomic E-state index is 0.138. The number of aromatic nitrogens is 2. The van der Waals surface area contributed by atoms with Gasteiger partial charge in [-0.2, -0.15) is 5.10 Å². The Labute approximate surface area is 178 Å². The number of carbonyl (C=O) groups excluding carboxylic acids is 1. The van der Waals surface area contributed by atoms with E-state index in [4.69, 9.17) is 11.6 Å². The van der Waals surface area contributed by atoms with E-state index in [1.807, 2.05) is 61.5 Å². The Balaban J connectivity index is 1.63. The van der Waals surface area contributed by atoms with Crippen molar-refractivity contribution in [2.45, 2.75) is 19.9 Å². The molecule has 4 aromatic rings. The van der Waals surface area contributed by atoms with Crippen LogP contribution in [0.3, 0.4) is 0 Å². The Bertz CT molecular complexity index is 1260. The van der Waals surface area contributed by atoms with Gasteiger partial charge in [-0.3, -0.25) is 9.59 Å². The van der Waals surface area contributed by atoms with Gasteiger partial charge in [0.05, 0.1) is 17.6 Å². The fraction of sp³-hybridized carbons (Fsp3) is 0.125. The fourth-order valence-electron chi connectivity index (χ4n) is 3.28. The largest absolute Gasteiger partial charge is 0.326 e. The van der Waals surface area contributed by atoms with Gasteiger partial charge in [-0.25, -0.2) is 4.68 Å². The van der Waals surface area contributed by atoms with Gasteiger partial charge in [0.15, 0.2) is 0 Å². The summed E-state index contributed by atoms with van der Waals surface area (Å²) < 4.78 is 1.36. The summed E-state index contributed by atoms with van der Waals surface area (Å²) in [7, 11) is 0. The van der Waals surface area contributed by atoms with Gasteiger partial charge in [0.1, 0.15) is 0 Å². The molecule has 4 rings (SSSR count). The number of hydrogen-bond donors (Lipinski definition) is 1. The first-order chi connectivity index (χ1) is 14.5. The average molecular weight is 418 g/mol. The third-order valence-electron chi connectivity index (χ3n) is 4.87. The lowest BCUT2D eigenvalue weighted by Gasteiger charge is -2.12. The molecule has 30 heavy (non-hydrogen) atoms. The molecule has 1 heterocycles. The van der Waals surface area contributed by atoms with E-state index < -0.39 is 0 Å². The van der Waals surface area contributed by atoms with Gasteiger partial charge >= 0.3 is 0 Å². The molecule has 0 fully saturated rings. The van der Waals surface area contributed by atoms with Crippen molar-refractivity contribution in [1.29, 1.82) is 0 Å². The molecule has 150 valence electrons. The maximum absolute atomic E-state index is 12.9. The van der Waals surface area contributed by atoms with E-state index in [0.29, 0.717) is 16.1 Å². The van der Waals surface area contributed by atoms with Gasteiger partial charge in [0.2, 0.25) is 5.91 Å². The number of anilines is 1. The molecule has 0 atom stereocenters. The molecule has 0 aliphatic heterocycles. The summed E-state index contributed by atoms with van der Waals surface area (Å²) in [4.78, 5) is 25.3. The number of hydrogen-bond acceptors (Lipinski definition) is 3. The number of nitrogens with one attached hydrogen (secondary N) is 1. The first kappa shape index (κ1) is 19.9. The number of aryl methyl sites for hydroxylation is 2. The molecule has 1 aromatic heterocycles. The number of fused-ring (bicyclic) bond motifs is 1. The maximum atomic E-state index is 12.9. The second-order valence-electron chi connectivity index (χ2n) is 7.09. The van der Waals surface area contributed by atoms with Gasteiger partial charge in [-0.15, -0.1) is 0 Å². The van der Waals surface area contributed by atoms with Crippen LogP contribution in [-0.2, 0) is 11.3 Å². The van der Waals surface area contributed by atoms with Gasteiger partial charge in [-0.05, 0) is 37.3 Å². The summed E-state index contributed by atoms with van der Waals surface area (Å²) in [5.41, 5.74) is 3.17. The van der Waals surface area contributed by atoms with Crippen molar-refractivity contribution in [1.82, 2.24) is 9.78 Å². The lowest BCUT2D eigenvalue weighted by molar-refractivity contribution is -0.116. The van der Waals surface area contributed by atoms with Crippen molar-refractivity contribution in [3.8, 4) is 11.3 Å². The van der Waals surface area contributed by atoms with Crippen molar-refractivity contribution in [3.05, 3.63) is 93.7 Å². The van der Waals surface area contributed by atoms with Gasteiger partial charge in [-0.1, -0.05) is 59.6 Å². The van der Waals surface area contributed by atoms with E-state index in [9.17, 15) is 9.59 Å². The Morgan fingerprint density at radius 2 is 1.63 bits per heavy atom. The molecule has 0 saturated heterocycles. The molecule has 0 aliphatic carbocycles. The topological polar surface area (TPSA) is 64.0 Å². The Kier molecular flexibility index (Phi) is 5.63. The van der Waals surface area contributed by atoms with Crippen molar-refractivity contribution in [2.24, 2.45) is 0 Å². The summed E-state index contributed by atoms with van der Waals surface area (Å²) in [6.45, 7) is 2.17. The van der Waals surface area contributed by atoms with E-state index in [2.05, 4.69) is 10.4 Å². The van der Waals surface area contributed by atoms with Crippen LogP contribution < -0.4 is 10.9 Å². The number of halogens is 1. The third kappa shape index (κ3) is 4.26. The van der Waals surface area contributed by atoms with Crippen LogP contribution >= 0.6 is 11.6 Å². The molecule has 1 amide bonds. The maximum Gasteiger partial charge on any atom is 0.274 e. The van der Waals surface area contributed by atoms with Crippen LogP contribution in [0.5, 0.6) is 0 Å². The molecule has 0 radical (unpaired) electrons. The summed E-state index contributed by atoms with van der Waals surface area (Å²) >= 11 is 6.01.